The summed E-state index contributed by atoms with van der Waals surface area (Å²) in [4.78, 5) is 13.2. The monoisotopic (exact) mass is 388 g/mol. The van der Waals surface area contributed by atoms with E-state index >= 15 is 0 Å². The molecule has 8 heteroatoms. The Labute approximate surface area is 157 Å². The fourth-order valence-electron chi connectivity index (χ4n) is 3.09. The van der Waals surface area contributed by atoms with Gasteiger partial charge in [0.2, 0.25) is 15.8 Å². The largest absolute Gasteiger partial charge is 0.495 e. The normalized spacial score (nSPS) is 11.4. The van der Waals surface area contributed by atoms with Crippen molar-refractivity contribution >= 4 is 27.0 Å². The molecule has 27 heavy (non-hydrogen) atoms. The van der Waals surface area contributed by atoms with Crippen LogP contribution in [0.5, 0.6) is 11.5 Å². The Bertz CT molecular complexity index is 1130. The maximum absolute atomic E-state index is 13.2. The van der Waals surface area contributed by atoms with Crippen molar-refractivity contribution in [2.24, 2.45) is 0 Å². The molecule has 0 radical (unpaired) electrons. The van der Waals surface area contributed by atoms with Crippen LogP contribution in [0.2, 0.25) is 0 Å². The lowest BCUT2D eigenvalue weighted by atomic mass is 10.0. The van der Waals surface area contributed by atoms with Gasteiger partial charge < -0.3 is 13.9 Å². The van der Waals surface area contributed by atoms with Gasteiger partial charge >= 0.3 is 0 Å². The van der Waals surface area contributed by atoms with Crippen molar-refractivity contribution in [2.45, 2.75) is 6.92 Å². The average Bonchev–Trinajstić information content (AvgIpc) is 2.91. The Morgan fingerprint density at radius 1 is 1.11 bits per heavy atom. The first-order chi connectivity index (χ1) is 12.8. The molecule has 7 nitrogen and oxygen atoms in total. The van der Waals surface area contributed by atoms with Crippen LogP contribution < -0.4 is 14.2 Å². The summed E-state index contributed by atoms with van der Waals surface area (Å²) in [7, 11) is -0.484. The van der Waals surface area contributed by atoms with Crippen LogP contribution in [0.4, 0.5) is 5.69 Å². The number of ether oxygens (including phenoxy) is 2. The molecule has 3 rings (SSSR count). The molecule has 0 aliphatic carbocycles. The Kier molecular flexibility index (Phi) is 4.84. The second-order valence-corrected chi connectivity index (χ2v) is 7.83. The number of benzene rings is 1. The number of nitrogens with zero attached hydrogens (tertiary/aromatic N) is 1. The van der Waals surface area contributed by atoms with Crippen LogP contribution in [0, 0.1) is 6.92 Å². The van der Waals surface area contributed by atoms with E-state index in [4.69, 9.17) is 9.47 Å². The highest BCUT2D eigenvalue weighted by atomic mass is 32.2. The second-order valence-electron chi connectivity index (χ2n) is 6.08. The molecule has 0 spiro atoms. The van der Waals surface area contributed by atoms with E-state index < -0.39 is 10.0 Å². The molecular formula is C19H20N2O5S. The minimum absolute atomic E-state index is 0.221. The highest BCUT2D eigenvalue weighted by Crippen LogP contribution is 2.33. The quantitative estimate of drug-likeness (QED) is 0.656. The Morgan fingerprint density at radius 2 is 1.85 bits per heavy atom. The van der Waals surface area contributed by atoms with Gasteiger partial charge in [-0.25, -0.2) is 8.42 Å². The minimum atomic E-state index is -3.47. The maximum atomic E-state index is 13.2. The molecule has 3 aromatic rings. The third-order valence-electron chi connectivity index (χ3n) is 4.21. The predicted octanol–water partition coefficient (Wildman–Crippen LogP) is 2.87. The number of anilines is 1. The van der Waals surface area contributed by atoms with Gasteiger partial charge in [0.25, 0.3) is 0 Å². The highest BCUT2D eigenvalue weighted by molar-refractivity contribution is 7.92. The van der Waals surface area contributed by atoms with E-state index in [9.17, 15) is 13.2 Å². The lowest BCUT2D eigenvalue weighted by molar-refractivity contribution is 0.103. The van der Waals surface area contributed by atoms with E-state index in [0.29, 0.717) is 17.0 Å². The third-order valence-corrected chi connectivity index (χ3v) is 4.80. The van der Waals surface area contributed by atoms with Crippen molar-refractivity contribution in [3.63, 3.8) is 0 Å². The number of pyridine rings is 1. The summed E-state index contributed by atoms with van der Waals surface area (Å²) in [6.45, 7) is 1.83. The maximum Gasteiger partial charge on any atom is 0.229 e. The number of nitrogens with one attached hydrogen (secondary N) is 1. The SMILES string of the molecule is COc1cc(C(=O)c2c(C)c(OC)c3ccccn23)ccc1NS(C)(=O)=O. The van der Waals surface area contributed by atoms with Gasteiger partial charge in [-0.1, -0.05) is 6.07 Å². The Hall–Kier alpha value is -3.00. The number of hydrogen-bond acceptors (Lipinski definition) is 5. The molecule has 2 heterocycles. The number of rotatable bonds is 6. The molecule has 0 aliphatic rings. The second kappa shape index (κ2) is 6.96. The van der Waals surface area contributed by atoms with Crippen LogP contribution in [0.25, 0.3) is 5.52 Å². The van der Waals surface area contributed by atoms with Gasteiger partial charge in [-0.3, -0.25) is 9.52 Å². The average molecular weight is 388 g/mol. The molecule has 0 atom stereocenters. The standard InChI is InChI=1S/C19H20N2O5S/c1-12-17(21-10-6-5-7-15(21)19(12)26-3)18(22)13-8-9-14(16(11-13)25-2)20-27(4,23)24/h5-11,20H,1-4H3. The van der Waals surface area contributed by atoms with Crippen molar-refractivity contribution in [1.29, 1.82) is 0 Å². The Balaban J connectivity index is 2.12. The number of sulfonamides is 1. The number of fused-ring (bicyclic) bond motifs is 1. The smallest absolute Gasteiger partial charge is 0.229 e. The van der Waals surface area contributed by atoms with Gasteiger partial charge in [-0.2, -0.15) is 0 Å². The van der Waals surface area contributed by atoms with Crippen LogP contribution in [0.3, 0.4) is 0 Å². The van der Waals surface area contributed by atoms with E-state index in [2.05, 4.69) is 4.72 Å². The zero-order valence-electron chi connectivity index (χ0n) is 15.4. The molecule has 142 valence electrons. The first-order valence-corrected chi connectivity index (χ1v) is 10.00. The molecule has 1 aromatic carbocycles. The fourth-order valence-corrected chi connectivity index (χ4v) is 3.66. The molecule has 0 saturated carbocycles. The molecule has 0 amide bonds. The third kappa shape index (κ3) is 3.48. The van der Waals surface area contributed by atoms with Crippen LogP contribution in [-0.2, 0) is 10.0 Å². The predicted molar refractivity (Wildman–Crippen MR) is 104 cm³/mol. The van der Waals surface area contributed by atoms with Crippen molar-refractivity contribution < 1.29 is 22.7 Å². The number of carbonyl (C=O) groups excluding carboxylic acids is 1. The van der Waals surface area contributed by atoms with Gasteiger partial charge in [0.05, 0.1) is 31.7 Å². The topological polar surface area (TPSA) is 86.1 Å². The number of carbonyl (C=O) groups is 1. The number of aromatic nitrogens is 1. The van der Waals surface area contributed by atoms with E-state index in [-0.39, 0.29) is 17.2 Å². The van der Waals surface area contributed by atoms with Gasteiger partial charge in [-0.05, 0) is 37.3 Å². The van der Waals surface area contributed by atoms with E-state index in [1.54, 1.807) is 23.8 Å². The van der Waals surface area contributed by atoms with Gasteiger partial charge in [-0.15, -0.1) is 0 Å². The number of hydrogen-bond donors (Lipinski definition) is 1. The summed E-state index contributed by atoms with van der Waals surface area (Å²) < 4.78 is 37.8. The Morgan fingerprint density at radius 3 is 2.48 bits per heavy atom. The zero-order valence-corrected chi connectivity index (χ0v) is 16.3. The minimum Gasteiger partial charge on any atom is -0.495 e. The lowest BCUT2D eigenvalue weighted by Gasteiger charge is -2.11. The molecule has 0 bridgehead atoms. The summed E-state index contributed by atoms with van der Waals surface area (Å²) in [6.07, 6.45) is 2.85. The summed E-state index contributed by atoms with van der Waals surface area (Å²) in [5.74, 6) is 0.680. The van der Waals surface area contributed by atoms with E-state index in [1.165, 1.54) is 19.2 Å². The van der Waals surface area contributed by atoms with Crippen LogP contribution in [-0.4, -0.2) is 39.1 Å². The summed E-state index contributed by atoms with van der Waals surface area (Å²) in [5, 5.41) is 0. The number of ketones is 1. The lowest BCUT2D eigenvalue weighted by Crippen LogP contribution is -2.12. The van der Waals surface area contributed by atoms with Gasteiger partial charge in [0.15, 0.2) is 0 Å². The first-order valence-electron chi connectivity index (χ1n) is 8.11. The molecule has 0 fully saturated rings. The fraction of sp³-hybridized carbons (Fsp3) is 0.211. The molecule has 1 N–H and O–H groups in total. The van der Waals surface area contributed by atoms with E-state index in [0.717, 1.165) is 17.3 Å². The molecule has 0 unspecified atom stereocenters. The van der Waals surface area contributed by atoms with Crippen molar-refractivity contribution in [3.8, 4) is 11.5 Å². The molecular weight excluding hydrogens is 368 g/mol. The highest BCUT2D eigenvalue weighted by Gasteiger charge is 2.23. The number of methoxy groups -OCH3 is 2. The molecule has 0 aliphatic heterocycles. The van der Waals surface area contributed by atoms with Crippen molar-refractivity contribution in [3.05, 3.63) is 59.4 Å². The van der Waals surface area contributed by atoms with Crippen LogP contribution in [0.1, 0.15) is 21.6 Å². The van der Waals surface area contributed by atoms with Crippen LogP contribution >= 0.6 is 0 Å². The molecule has 0 saturated heterocycles. The van der Waals surface area contributed by atoms with Crippen molar-refractivity contribution in [2.75, 3.05) is 25.2 Å². The summed E-state index contributed by atoms with van der Waals surface area (Å²) in [5.41, 5.74) is 2.65. The zero-order chi connectivity index (χ0) is 19.8. The van der Waals surface area contributed by atoms with Crippen molar-refractivity contribution in [1.82, 2.24) is 4.40 Å². The molecule has 2 aromatic heterocycles. The van der Waals surface area contributed by atoms with E-state index in [1.807, 2.05) is 25.1 Å². The van der Waals surface area contributed by atoms with Gasteiger partial charge in [0, 0.05) is 17.3 Å². The first kappa shape index (κ1) is 18.8. The summed E-state index contributed by atoms with van der Waals surface area (Å²) >= 11 is 0. The van der Waals surface area contributed by atoms with Gasteiger partial charge in [0.1, 0.15) is 17.2 Å². The summed E-state index contributed by atoms with van der Waals surface area (Å²) in [6, 6.07) is 10.2. The van der Waals surface area contributed by atoms with Crippen LogP contribution in [0.15, 0.2) is 42.6 Å².